The monoisotopic (exact) mass is 488 g/mol. The highest BCUT2D eigenvalue weighted by Crippen LogP contribution is 2.32. The Morgan fingerprint density at radius 1 is 1.18 bits per heavy atom. The number of hydrogen-bond acceptors (Lipinski definition) is 5. The van der Waals surface area contributed by atoms with E-state index in [4.69, 9.17) is 10.5 Å². The number of rotatable bonds is 6. The third-order valence-electron chi connectivity index (χ3n) is 4.33. The van der Waals surface area contributed by atoms with E-state index in [9.17, 15) is 18.4 Å². The van der Waals surface area contributed by atoms with Crippen LogP contribution in [0, 0.1) is 6.92 Å². The van der Waals surface area contributed by atoms with Gasteiger partial charge in [-0.2, -0.15) is 5.10 Å². The van der Waals surface area contributed by atoms with Gasteiger partial charge >= 0.3 is 0 Å². The van der Waals surface area contributed by atoms with Crippen LogP contribution >= 0.6 is 11.3 Å². The van der Waals surface area contributed by atoms with Gasteiger partial charge in [0.2, 0.25) is 6.41 Å². The molecule has 0 saturated heterocycles. The van der Waals surface area contributed by atoms with Gasteiger partial charge in [-0.1, -0.05) is 26.0 Å². The Hall–Kier alpha value is -3.79. The van der Waals surface area contributed by atoms with Crippen LogP contribution in [0.3, 0.4) is 0 Å². The van der Waals surface area contributed by atoms with Crippen LogP contribution in [0.4, 0.5) is 14.5 Å². The highest BCUT2D eigenvalue weighted by molar-refractivity contribution is 7.18. The summed E-state index contributed by atoms with van der Waals surface area (Å²) < 4.78 is 32.0. The molecule has 3 N–H and O–H groups in total. The predicted octanol–water partition coefficient (Wildman–Crippen LogP) is 6.05. The molecule has 0 radical (unpaired) electrons. The molecule has 2 aromatic carbocycles. The van der Waals surface area contributed by atoms with E-state index in [0.717, 1.165) is 9.71 Å². The summed E-state index contributed by atoms with van der Waals surface area (Å²) in [6.45, 7) is 5.90. The highest BCUT2D eigenvalue weighted by Gasteiger charge is 2.18. The Kier molecular flexibility index (Phi) is 9.69. The van der Waals surface area contributed by atoms with Crippen molar-refractivity contribution in [1.82, 2.24) is 9.78 Å². The first-order chi connectivity index (χ1) is 16.3. The van der Waals surface area contributed by atoms with E-state index in [1.165, 1.54) is 16.0 Å². The van der Waals surface area contributed by atoms with Gasteiger partial charge in [-0.15, -0.1) is 11.3 Å². The Labute approximate surface area is 200 Å². The summed E-state index contributed by atoms with van der Waals surface area (Å²) in [6.07, 6.45) is -1.89. The Morgan fingerprint density at radius 2 is 1.82 bits per heavy atom. The second-order valence-corrected chi connectivity index (χ2v) is 7.87. The van der Waals surface area contributed by atoms with E-state index in [-0.39, 0.29) is 5.69 Å². The topological polar surface area (TPSA) is 99.2 Å². The van der Waals surface area contributed by atoms with Crippen molar-refractivity contribution in [2.45, 2.75) is 27.2 Å². The van der Waals surface area contributed by atoms with E-state index >= 15 is 0 Å². The SMILES string of the molecule is CC.Cc1cc2c(C(F)F)nn(C)c2s1.NC(=O)c1ccccc1Oc1ccc(NC=O)cc1. The van der Waals surface area contributed by atoms with Crippen LogP contribution in [0.5, 0.6) is 11.5 Å². The van der Waals surface area contributed by atoms with Gasteiger partial charge in [0.25, 0.3) is 12.3 Å². The molecule has 0 fully saturated rings. The molecule has 0 spiro atoms. The van der Waals surface area contributed by atoms with Gasteiger partial charge < -0.3 is 15.8 Å². The number of benzene rings is 2. The third-order valence-corrected chi connectivity index (χ3v) is 5.45. The van der Waals surface area contributed by atoms with Crippen molar-refractivity contribution in [2.75, 3.05) is 5.32 Å². The fraction of sp³-hybridized carbons (Fsp3) is 0.208. The molecule has 4 aromatic rings. The molecule has 0 bridgehead atoms. The number of halogens is 2. The van der Waals surface area contributed by atoms with Crippen LogP contribution in [0.2, 0.25) is 0 Å². The third kappa shape index (κ3) is 6.61. The number of para-hydroxylation sites is 1. The fourth-order valence-electron chi connectivity index (χ4n) is 2.92. The maximum Gasteiger partial charge on any atom is 0.282 e. The number of thiophene rings is 1. The number of carbonyl (C=O) groups excluding carboxylic acids is 2. The molecule has 34 heavy (non-hydrogen) atoms. The quantitative estimate of drug-likeness (QED) is 0.323. The van der Waals surface area contributed by atoms with Crippen LogP contribution in [0.1, 0.15) is 41.2 Å². The molecule has 2 amide bonds. The summed E-state index contributed by atoms with van der Waals surface area (Å²) in [5.41, 5.74) is 6.13. The second-order valence-electron chi connectivity index (χ2n) is 6.63. The van der Waals surface area contributed by atoms with Crippen molar-refractivity contribution in [3.05, 3.63) is 70.7 Å². The smallest absolute Gasteiger partial charge is 0.282 e. The molecule has 0 atom stereocenters. The molecule has 10 heteroatoms. The lowest BCUT2D eigenvalue weighted by Crippen LogP contribution is -2.11. The number of nitrogens with zero attached hydrogens (tertiary/aromatic N) is 2. The number of hydrogen-bond donors (Lipinski definition) is 2. The van der Waals surface area contributed by atoms with Gasteiger partial charge in [-0.3, -0.25) is 14.3 Å². The first-order valence-electron chi connectivity index (χ1n) is 10.4. The largest absolute Gasteiger partial charge is 0.457 e. The number of primary amides is 1. The lowest BCUT2D eigenvalue weighted by atomic mass is 10.2. The molecule has 180 valence electrons. The maximum absolute atomic E-state index is 12.4. The second kappa shape index (κ2) is 12.4. The van der Waals surface area contributed by atoms with E-state index in [0.29, 0.717) is 34.5 Å². The lowest BCUT2D eigenvalue weighted by molar-refractivity contribution is -0.105. The molecule has 4 rings (SSSR count). The minimum atomic E-state index is -2.49. The fourth-order valence-corrected chi connectivity index (χ4v) is 3.85. The zero-order valence-corrected chi connectivity index (χ0v) is 20.0. The number of alkyl halides is 2. The van der Waals surface area contributed by atoms with Crippen molar-refractivity contribution < 1.29 is 23.1 Å². The summed E-state index contributed by atoms with van der Waals surface area (Å²) in [5.74, 6) is 0.395. The lowest BCUT2D eigenvalue weighted by Gasteiger charge is -2.09. The van der Waals surface area contributed by atoms with Crippen molar-refractivity contribution in [3.8, 4) is 11.5 Å². The van der Waals surface area contributed by atoms with Crippen LogP contribution in [-0.4, -0.2) is 22.1 Å². The summed E-state index contributed by atoms with van der Waals surface area (Å²) in [7, 11) is 1.68. The molecule has 0 unspecified atom stereocenters. The Morgan fingerprint density at radius 3 is 2.41 bits per heavy atom. The van der Waals surface area contributed by atoms with Crippen LogP contribution < -0.4 is 15.8 Å². The number of anilines is 1. The number of carbonyl (C=O) groups is 2. The molecule has 2 aromatic heterocycles. The van der Waals surface area contributed by atoms with Crippen molar-refractivity contribution >= 4 is 39.6 Å². The zero-order valence-electron chi connectivity index (χ0n) is 19.2. The molecular formula is C24H26F2N4O3S. The van der Waals surface area contributed by atoms with Crippen LogP contribution in [-0.2, 0) is 11.8 Å². The first kappa shape index (κ1) is 26.5. The number of fused-ring (bicyclic) bond motifs is 1. The summed E-state index contributed by atoms with van der Waals surface area (Å²) in [6, 6.07) is 15.2. The maximum atomic E-state index is 12.4. The molecule has 2 heterocycles. The number of nitrogens with two attached hydrogens (primary N) is 1. The number of nitrogens with one attached hydrogen (secondary N) is 1. The number of amides is 2. The standard InChI is InChI=1S/C14H12N2O3.C8H8F2N2S.C2H6/c15-14(18)12-3-1-2-4-13(12)19-11-7-5-10(6-8-11)16-9-17;1-4-3-5-6(7(9)10)11-12(2)8(5)13-4;1-2/h1-9H,(H2,15,18)(H,16,17);3,7H,1-2H3;1-2H3. The van der Waals surface area contributed by atoms with Gasteiger partial charge in [-0.25, -0.2) is 8.78 Å². The van der Waals surface area contributed by atoms with Gasteiger partial charge in [0.05, 0.1) is 5.56 Å². The van der Waals surface area contributed by atoms with E-state index in [1.54, 1.807) is 61.6 Å². The summed E-state index contributed by atoms with van der Waals surface area (Å²) in [4.78, 5) is 23.4. The van der Waals surface area contributed by atoms with E-state index in [1.807, 2.05) is 20.8 Å². The van der Waals surface area contributed by atoms with E-state index in [2.05, 4.69) is 10.4 Å². The molecule has 0 saturated carbocycles. The minimum Gasteiger partial charge on any atom is -0.457 e. The highest BCUT2D eigenvalue weighted by atomic mass is 32.1. The summed E-state index contributed by atoms with van der Waals surface area (Å²) >= 11 is 1.48. The normalized spacial score (nSPS) is 10.1. The average Bonchev–Trinajstić information content (AvgIpc) is 3.35. The molecule has 0 aliphatic heterocycles. The first-order valence-corrected chi connectivity index (χ1v) is 11.2. The van der Waals surface area contributed by atoms with Gasteiger partial charge in [0.15, 0.2) is 0 Å². The zero-order chi connectivity index (χ0) is 25.3. The van der Waals surface area contributed by atoms with Gasteiger partial charge in [0.1, 0.15) is 22.0 Å². The summed E-state index contributed by atoms with van der Waals surface area (Å²) in [5, 5.41) is 6.87. The predicted molar refractivity (Wildman–Crippen MR) is 131 cm³/mol. The van der Waals surface area contributed by atoms with Gasteiger partial charge in [0, 0.05) is 23.0 Å². The number of aromatic nitrogens is 2. The molecule has 0 aliphatic carbocycles. The van der Waals surface area contributed by atoms with Crippen molar-refractivity contribution in [3.63, 3.8) is 0 Å². The van der Waals surface area contributed by atoms with Crippen LogP contribution in [0.15, 0.2) is 54.6 Å². The molecule has 7 nitrogen and oxygen atoms in total. The van der Waals surface area contributed by atoms with E-state index < -0.39 is 12.3 Å². The number of aryl methyl sites for hydroxylation is 2. The minimum absolute atomic E-state index is 0.109. The van der Waals surface area contributed by atoms with Crippen molar-refractivity contribution in [2.24, 2.45) is 12.8 Å². The average molecular weight is 489 g/mol. The van der Waals surface area contributed by atoms with Gasteiger partial charge in [-0.05, 0) is 49.4 Å². The number of ether oxygens (including phenoxy) is 1. The Balaban J connectivity index is 0.000000237. The molecule has 0 aliphatic rings. The van der Waals surface area contributed by atoms with Crippen molar-refractivity contribution in [1.29, 1.82) is 0 Å². The van der Waals surface area contributed by atoms with Crippen LogP contribution in [0.25, 0.3) is 10.2 Å². The molecular weight excluding hydrogens is 462 g/mol. The Bertz CT molecular complexity index is 1240.